The molecule has 2 aliphatic rings. The van der Waals surface area contributed by atoms with Gasteiger partial charge in [-0.25, -0.2) is 8.78 Å². The summed E-state index contributed by atoms with van der Waals surface area (Å²) in [6, 6.07) is -1.17. The van der Waals surface area contributed by atoms with E-state index in [1.54, 1.807) is 0 Å². The summed E-state index contributed by atoms with van der Waals surface area (Å²) in [7, 11) is 0. The van der Waals surface area contributed by atoms with E-state index in [-0.39, 0.29) is 19.3 Å². The lowest BCUT2D eigenvalue weighted by molar-refractivity contribution is -0.143. The lowest BCUT2D eigenvalue weighted by Gasteiger charge is -2.47. The highest BCUT2D eigenvalue weighted by molar-refractivity contribution is 5.89. The molecule has 5 N–H and O–H groups in total. The number of hydrogen-bond acceptors (Lipinski definition) is 4. The molecule has 7 nitrogen and oxygen atoms in total. The third kappa shape index (κ3) is 4.45. The maximum absolute atomic E-state index is 14.7. The Hall–Kier alpha value is -1.77. The number of nitrogens with one attached hydrogen (secondary N) is 2. The van der Waals surface area contributed by atoms with Gasteiger partial charge in [0.25, 0.3) is 0 Å². The predicted molar refractivity (Wildman–Crippen MR) is 84.7 cm³/mol. The third-order valence-electron chi connectivity index (χ3n) is 5.10. The molecule has 142 valence electrons. The number of carbonyl (C=O) groups is 3. The molecule has 0 spiro atoms. The van der Waals surface area contributed by atoms with Gasteiger partial charge in [-0.05, 0) is 12.8 Å². The Morgan fingerprint density at radius 3 is 2.28 bits per heavy atom. The van der Waals surface area contributed by atoms with Crippen LogP contribution in [0.1, 0.15) is 51.9 Å². The standard InChI is InChI=1S/C16H25F2N3O4/c1-9(22)20-11(8-15(18)4-2-3-5-15)14(25)21-16(6-10(17)7-16)12(23)13(19)24/h10-12,23H,2-8H2,1H3,(H2,19,24)(H,20,22)(H,21,25)/t10-,11-,12?,16-/m0/s1. The van der Waals surface area contributed by atoms with E-state index in [1.807, 2.05) is 0 Å². The second kappa shape index (κ2) is 7.23. The highest BCUT2D eigenvalue weighted by Gasteiger charge is 2.54. The van der Waals surface area contributed by atoms with Crippen molar-refractivity contribution in [2.24, 2.45) is 5.73 Å². The van der Waals surface area contributed by atoms with Crippen LogP contribution < -0.4 is 16.4 Å². The van der Waals surface area contributed by atoms with E-state index < -0.39 is 47.2 Å². The molecule has 0 heterocycles. The van der Waals surface area contributed by atoms with Crippen LogP contribution in [0.25, 0.3) is 0 Å². The summed E-state index contributed by atoms with van der Waals surface area (Å²) in [5.41, 5.74) is 2.00. The highest BCUT2D eigenvalue weighted by atomic mass is 19.1. The Kier molecular flexibility index (Phi) is 5.65. The Labute approximate surface area is 144 Å². The Bertz CT molecular complexity index is 545. The van der Waals surface area contributed by atoms with Crippen molar-refractivity contribution in [2.75, 3.05) is 0 Å². The van der Waals surface area contributed by atoms with Crippen molar-refractivity contribution in [1.82, 2.24) is 10.6 Å². The Balaban J connectivity index is 2.12. The van der Waals surface area contributed by atoms with Gasteiger partial charge in [0, 0.05) is 26.2 Å². The molecule has 0 bridgehead atoms. The summed E-state index contributed by atoms with van der Waals surface area (Å²) in [6.07, 6.45) is -1.76. The fourth-order valence-electron chi connectivity index (χ4n) is 3.76. The topological polar surface area (TPSA) is 122 Å². The lowest BCUT2D eigenvalue weighted by atomic mass is 9.70. The molecule has 2 fully saturated rings. The Morgan fingerprint density at radius 2 is 1.84 bits per heavy atom. The van der Waals surface area contributed by atoms with Crippen LogP contribution in [-0.4, -0.2) is 52.4 Å². The fourth-order valence-corrected chi connectivity index (χ4v) is 3.76. The molecule has 0 aliphatic heterocycles. The van der Waals surface area contributed by atoms with Crippen molar-refractivity contribution < 1.29 is 28.3 Å². The molecule has 0 saturated heterocycles. The summed E-state index contributed by atoms with van der Waals surface area (Å²) < 4.78 is 28.1. The summed E-state index contributed by atoms with van der Waals surface area (Å²) in [6.45, 7) is 1.20. The number of amides is 3. The maximum atomic E-state index is 14.7. The molecule has 9 heteroatoms. The van der Waals surface area contributed by atoms with Crippen molar-refractivity contribution in [3.63, 3.8) is 0 Å². The number of carbonyl (C=O) groups excluding carboxylic acids is 3. The Morgan fingerprint density at radius 1 is 1.28 bits per heavy atom. The SMILES string of the molecule is CC(=O)N[C@@H](CC1(F)CCCC1)C(=O)N[C@]1(C(O)C(N)=O)C[C@@H](F)C1. The maximum Gasteiger partial charge on any atom is 0.248 e. The van der Waals surface area contributed by atoms with E-state index in [4.69, 9.17) is 5.73 Å². The molecule has 0 aromatic rings. The smallest absolute Gasteiger partial charge is 0.248 e. The van der Waals surface area contributed by atoms with E-state index in [2.05, 4.69) is 10.6 Å². The van der Waals surface area contributed by atoms with Gasteiger partial charge in [0.2, 0.25) is 17.7 Å². The fraction of sp³-hybridized carbons (Fsp3) is 0.812. The first-order valence-corrected chi connectivity index (χ1v) is 8.46. The van der Waals surface area contributed by atoms with Gasteiger partial charge < -0.3 is 21.5 Å². The van der Waals surface area contributed by atoms with E-state index in [0.29, 0.717) is 25.7 Å². The van der Waals surface area contributed by atoms with Crippen molar-refractivity contribution >= 4 is 17.7 Å². The largest absolute Gasteiger partial charge is 0.381 e. The molecule has 0 radical (unpaired) electrons. The van der Waals surface area contributed by atoms with Crippen molar-refractivity contribution in [3.8, 4) is 0 Å². The first-order valence-electron chi connectivity index (χ1n) is 8.46. The average Bonchev–Trinajstić information content (AvgIpc) is 2.89. The molecule has 25 heavy (non-hydrogen) atoms. The molecule has 2 aliphatic carbocycles. The van der Waals surface area contributed by atoms with Crippen LogP contribution >= 0.6 is 0 Å². The number of nitrogens with two attached hydrogens (primary N) is 1. The number of halogens is 2. The monoisotopic (exact) mass is 361 g/mol. The van der Waals surface area contributed by atoms with Crippen molar-refractivity contribution in [1.29, 1.82) is 0 Å². The van der Waals surface area contributed by atoms with Gasteiger partial charge in [-0.2, -0.15) is 0 Å². The van der Waals surface area contributed by atoms with Gasteiger partial charge in [-0.1, -0.05) is 12.8 Å². The summed E-state index contributed by atoms with van der Waals surface area (Å²) >= 11 is 0. The molecule has 2 atom stereocenters. The van der Waals surface area contributed by atoms with Gasteiger partial charge in [-0.15, -0.1) is 0 Å². The van der Waals surface area contributed by atoms with E-state index in [1.165, 1.54) is 6.92 Å². The average molecular weight is 361 g/mol. The second-order valence-electron chi connectivity index (χ2n) is 7.27. The lowest BCUT2D eigenvalue weighted by Crippen LogP contribution is -2.70. The normalized spacial score (nSPS) is 30.0. The minimum Gasteiger partial charge on any atom is -0.381 e. The van der Waals surface area contributed by atoms with Crippen LogP contribution in [0.5, 0.6) is 0 Å². The highest BCUT2D eigenvalue weighted by Crippen LogP contribution is 2.39. The van der Waals surface area contributed by atoms with Gasteiger partial charge in [0.1, 0.15) is 17.9 Å². The zero-order valence-electron chi connectivity index (χ0n) is 14.2. The number of aliphatic hydroxyl groups is 1. The first-order chi connectivity index (χ1) is 11.6. The van der Waals surface area contributed by atoms with Gasteiger partial charge >= 0.3 is 0 Å². The van der Waals surface area contributed by atoms with Crippen LogP contribution in [0, 0.1) is 0 Å². The number of alkyl halides is 2. The molecule has 0 aromatic carbocycles. The molecule has 2 rings (SSSR count). The van der Waals surface area contributed by atoms with Crippen LogP contribution in [0.3, 0.4) is 0 Å². The summed E-state index contributed by atoms with van der Waals surface area (Å²) in [5.74, 6) is -2.35. The van der Waals surface area contributed by atoms with E-state index >= 15 is 0 Å². The second-order valence-corrected chi connectivity index (χ2v) is 7.27. The van der Waals surface area contributed by atoms with Gasteiger partial charge in [-0.3, -0.25) is 14.4 Å². The third-order valence-corrected chi connectivity index (χ3v) is 5.10. The molecule has 1 unspecified atom stereocenters. The minimum absolute atomic E-state index is 0.208. The number of primary amides is 1. The van der Waals surface area contributed by atoms with Crippen molar-refractivity contribution in [3.05, 3.63) is 0 Å². The minimum atomic E-state index is -1.76. The molecule has 3 amide bonds. The first kappa shape index (κ1) is 19.6. The van der Waals surface area contributed by atoms with Crippen LogP contribution in [-0.2, 0) is 14.4 Å². The molecular weight excluding hydrogens is 336 g/mol. The predicted octanol–water partition coefficient (Wildman–Crippen LogP) is -0.00340. The zero-order chi connectivity index (χ0) is 18.8. The molecule has 2 saturated carbocycles. The number of rotatable bonds is 7. The van der Waals surface area contributed by atoms with Gasteiger partial charge in [0.15, 0.2) is 6.10 Å². The summed E-state index contributed by atoms with van der Waals surface area (Å²) in [5, 5.41) is 14.8. The van der Waals surface area contributed by atoms with Crippen LogP contribution in [0.4, 0.5) is 8.78 Å². The van der Waals surface area contributed by atoms with Crippen LogP contribution in [0.2, 0.25) is 0 Å². The van der Waals surface area contributed by atoms with Crippen molar-refractivity contribution in [2.45, 2.75) is 81.4 Å². The zero-order valence-corrected chi connectivity index (χ0v) is 14.2. The molecular formula is C16H25F2N3O4. The number of aliphatic hydroxyl groups excluding tert-OH is 1. The van der Waals surface area contributed by atoms with E-state index in [9.17, 15) is 28.3 Å². The van der Waals surface area contributed by atoms with E-state index in [0.717, 1.165) is 0 Å². The van der Waals surface area contributed by atoms with Crippen LogP contribution in [0.15, 0.2) is 0 Å². The number of hydrogen-bond donors (Lipinski definition) is 4. The quantitative estimate of drug-likeness (QED) is 0.510. The summed E-state index contributed by atoms with van der Waals surface area (Å²) in [4.78, 5) is 35.2. The molecule has 0 aromatic heterocycles. The van der Waals surface area contributed by atoms with Gasteiger partial charge in [0.05, 0.1) is 5.54 Å².